The van der Waals surface area contributed by atoms with Crippen LogP contribution in [0.3, 0.4) is 0 Å². The maximum Gasteiger partial charge on any atom is 0.254 e. The van der Waals surface area contributed by atoms with Crippen LogP contribution < -0.4 is 9.47 Å². The standard InChI is InChI=1S/C16H18N4O3/c1-22-14-9-18-10-15(19-14)23-13-3-2-8-20(11-13)16(21)12-4-6-17-7-5-12/h4-7,9-10,13H,2-3,8,11H2,1H3. The minimum Gasteiger partial charge on any atom is -0.480 e. The van der Waals surface area contributed by atoms with Gasteiger partial charge < -0.3 is 14.4 Å². The maximum atomic E-state index is 12.5. The molecule has 1 atom stereocenters. The van der Waals surface area contributed by atoms with Crippen LogP contribution in [0.4, 0.5) is 0 Å². The Kier molecular flexibility index (Phi) is 4.65. The Labute approximate surface area is 134 Å². The number of hydrogen-bond acceptors (Lipinski definition) is 6. The summed E-state index contributed by atoms with van der Waals surface area (Å²) in [5, 5.41) is 0. The maximum absolute atomic E-state index is 12.5. The van der Waals surface area contributed by atoms with E-state index >= 15 is 0 Å². The summed E-state index contributed by atoms with van der Waals surface area (Å²) >= 11 is 0. The van der Waals surface area contributed by atoms with Crippen LogP contribution in [0.2, 0.25) is 0 Å². The first-order chi connectivity index (χ1) is 11.3. The predicted molar refractivity (Wildman–Crippen MR) is 82.4 cm³/mol. The largest absolute Gasteiger partial charge is 0.480 e. The van der Waals surface area contributed by atoms with Crippen LogP contribution in [0.25, 0.3) is 0 Å². The van der Waals surface area contributed by atoms with E-state index < -0.39 is 0 Å². The molecule has 0 aromatic carbocycles. The third-order valence-electron chi connectivity index (χ3n) is 3.68. The fourth-order valence-corrected chi connectivity index (χ4v) is 2.55. The van der Waals surface area contributed by atoms with Crippen molar-refractivity contribution in [2.24, 2.45) is 0 Å². The molecule has 23 heavy (non-hydrogen) atoms. The van der Waals surface area contributed by atoms with E-state index in [1.54, 1.807) is 35.6 Å². The van der Waals surface area contributed by atoms with E-state index in [9.17, 15) is 4.79 Å². The molecule has 1 saturated heterocycles. The zero-order chi connectivity index (χ0) is 16.1. The highest BCUT2D eigenvalue weighted by atomic mass is 16.5. The average Bonchev–Trinajstić information content (AvgIpc) is 2.62. The molecule has 1 unspecified atom stereocenters. The van der Waals surface area contributed by atoms with Crippen LogP contribution in [0.1, 0.15) is 23.2 Å². The van der Waals surface area contributed by atoms with Gasteiger partial charge in [0.05, 0.1) is 26.0 Å². The van der Waals surface area contributed by atoms with Gasteiger partial charge in [-0.15, -0.1) is 0 Å². The molecule has 1 aliphatic rings. The Morgan fingerprint density at radius 2 is 2.00 bits per heavy atom. The van der Waals surface area contributed by atoms with Crippen LogP contribution in [0, 0.1) is 0 Å². The SMILES string of the molecule is COc1cncc(OC2CCCN(C(=O)c3ccncc3)C2)n1. The molecule has 2 aromatic heterocycles. The Hall–Kier alpha value is -2.70. The van der Waals surface area contributed by atoms with Gasteiger partial charge in [-0.3, -0.25) is 14.8 Å². The molecule has 120 valence electrons. The van der Waals surface area contributed by atoms with E-state index in [2.05, 4.69) is 15.0 Å². The second kappa shape index (κ2) is 7.04. The molecular weight excluding hydrogens is 296 g/mol. The summed E-state index contributed by atoms with van der Waals surface area (Å²) in [6.45, 7) is 1.25. The van der Waals surface area contributed by atoms with Gasteiger partial charge in [0.15, 0.2) is 0 Å². The average molecular weight is 314 g/mol. The number of carbonyl (C=O) groups is 1. The summed E-state index contributed by atoms with van der Waals surface area (Å²) in [4.78, 5) is 26.5. The topological polar surface area (TPSA) is 77.4 Å². The van der Waals surface area contributed by atoms with Crippen LogP contribution in [-0.2, 0) is 0 Å². The quantitative estimate of drug-likeness (QED) is 0.852. The molecule has 0 aliphatic carbocycles. The van der Waals surface area contributed by atoms with Gasteiger partial charge in [0.25, 0.3) is 5.91 Å². The van der Waals surface area contributed by atoms with Crippen molar-refractivity contribution in [1.82, 2.24) is 19.9 Å². The first kappa shape index (κ1) is 15.2. The molecule has 7 heteroatoms. The number of hydrogen-bond donors (Lipinski definition) is 0. The van der Waals surface area contributed by atoms with E-state index in [0.29, 0.717) is 23.9 Å². The number of likely N-dealkylation sites (tertiary alicyclic amines) is 1. The summed E-state index contributed by atoms with van der Waals surface area (Å²) in [5.41, 5.74) is 0.641. The molecule has 3 heterocycles. The van der Waals surface area contributed by atoms with Crippen molar-refractivity contribution in [3.8, 4) is 11.8 Å². The lowest BCUT2D eigenvalue weighted by Crippen LogP contribution is -2.44. The number of rotatable bonds is 4. The fraction of sp³-hybridized carbons (Fsp3) is 0.375. The molecule has 1 fully saturated rings. The van der Waals surface area contributed by atoms with Crippen molar-refractivity contribution in [2.75, 3.05) is 20.2 Å². The van der Waals surface area contributed by atoms with Gasteiger partial charge in [0.2, 0.25) is 11.8 Å². The van der Waals surface area contributed by atoms with E-state index in [1.807, 2.05) is 0 Å². The van der Waals surface area contributed by atoms with Crippen molar-refractivity contribution >= 4 is 5.91 Å². The molecule has 2 aromatic rings. The highest BCUT2D eigenvalue weighted by Gasteiger charge is 2.26. The number of methoxy groups -OCH3 is 1. The van der Waals surface area contributed by atoms with Crippen LogP contribution in [0.15, 0.2) is 36.9 Å². The van der Waals surface area contributed by atoms with Crippen LogP contribution in [-0.4, -0.2) is 52.1 Å². The third-order valence-corrected chi connectivity index (χ3v) is 3.68. The van der Waals surface area contributed by atoms with Gasteiger partial charge in [-0.05, 0) is 25.0 Å². The molecule has 0 spiro atoms. The second-order valence-corrected chi connectivity index (χ2v) is 5.27. The lowest BCUT2D eigenvalue weighted by atomic mass is 10.1. The van der Waals surface area contributed by atoms with Gasteiger partial charge in [0, 0.05) is 24.5 Å². The van der Waals surface area contributed by atoms with E-state index in [-0.39, 0.29) is 12.0 Å². The zero-order valence-electron chi connectivity index (χ0n) is 12.9. The first-order valence-electron chi connectivity index (χ1n) is 7.48. The van der Waals surface area contributed by atoms with Gasteiger partial charge in [0.1, 0.15) is 6.10 Å². The minimum atomic E-state index is -0.101. The molecule has 0 radical (unpaired) electrons. The van der Waals surface area contributed by atoms with Crippen molar-refractivity contribution in [3.05, 3.63) is 42.5 Å². The van der Waals surface area contributed by atoms with Crippen LogP contribution in [0.5, 0.6) is 11.8 Å². The predicted octanol–water partition coefficient (Wildman–Crippen LogP) is 1.56. The number of carbonyl (C=O) groups excluding carboxylic acids is 1. The number of nitrogens with zero attached hydrogens (tertiary/aromatic N) is 4. The highest BCUT2D eigenvalue weighted by Crippen LogP contribution is 2.19. The molecular formula is C16H18N4O3. The lowest BCUT2D eigenvalue weighted by Gasteiger charge is -2.32. The molecule has 1 aliphatic heterocycles. The monoisotopic (exact) mass is 314 g/mol. The zero-order valence-corrected chi connectivity index (χ0v) is 12.9. The number of ether oxygens (including phenoxy) is 2. The molecule has 0 bridgehead atoms. The summed E-state index contributed by atoms with van der Waals surface area (Å²) in [6.07, 6.45) is 7.97. The first-order valence-corrected chi connectivity index (χ1v) is 7.48. The summed E-state index contributed by atoms with van der Waals surface area (Å²) < 4.78 is 10.9. The van der Waals surface area contributed by atoms with Gasteiger partial charge in [-0.1, -0.05) is 0 Å². The van der Waals surface area contributed by atoms with Crippen molar-refractivity contribution in [1.29, 1.82) is 0 Å². The van der Waals surface area contributed by atoms with Gasteiger partial charge in [-0.2, -0.15) is 4.98 Å². The summed E-state index contributed by atoms with van der Waals surface area (Å²) in [5.74, 6) is 0.813. The number of amides is 1. The van der Waals surface area contributed by atoms with Crippen LogP contribution >= 0.6 is 0 Å². The second-order valence-electron chi connectivity index (χ2n) is 5.27. The Balaban J connectivity index is 1.65. The van der Waals surface area contributed by atoms with Crippen molar-refractivity contribution in [2.45, 2.75) is 18.9 Å². The minimum absolute atomic E-state index is 0.00238. The van der Waals surface area contributed by atoms with Crippen molar-refractivity contribution < 1.29 is 14.3 Å². The smallest absolute Gasteiger partial charge is 0.254 e. The van der Waals surface area contributed by atoms with E-state index in [1.165, 1.54) is 13.3 Å². The molecule has 0 N–H and O–H groups in total. The summed E-state index contributed by atoms with van der Waals surface area (Å²) in [7, 11) is 1.53. The molecule has 3 rings (SSSR count). The fourth-order valence-electron chi connectivity index (χ4n) is 2.55. The van der Waals surface area contributed by atoms with Gasteiger partial charge >= 0.3 is 0 Å². The Bertz CT molecular complexity index is 665. The van der Waals surface area contributed by atoms with E-state index in [4.69, 9.17) is 9.47 Å². The molecule has 0 saturated carbocycles. The summed E-state index contributed by atoms with van der Waals surface area (Å²) in [6, 6.07) is 3.45. The normalized spacial score (nSPS) is 17.6. The third kappa shape index (κ3) is 3.74. The lowest BCUT2D eigenvalue weighted by molar-refractivity contribution is 0.0525. The van der Waals surface area contributed by atoms with Gasteiger partial charge in [-0.25, -0.2) is 0 Å². The van der Waals surface area contributed by atoms with Crippen molar-refractivity contribution in [3.63, 3.8) is 0 Å². The Morgan fingerprint density at radius 3 is 2.78 bits per heavy atom. The number of aromatic nitrogens is 3. The molecule has 7 nitrogen and oxygen atoms in total. The Morgan fingerprint density at radius 1 is 1.22 bits per heavy atom. The van der Waals surface area contributed by atoms with E-state index in [0.717, 1.165) is 19.4 Å². The highest BCUT2D eigenvalue weighted by molar-refractivity contribution is 5.94. The molecule has 1 amide bonds. The number of pyridine rings is 1. The number of piperidine rings is 1.